The Kier molecular flexibility index (Phi) is 13.2. The summed E-state index contributed by atoms with van der Waals surface area (Å²) in [6.07, 6.45) is 2.77. The number of nitrogens with two attached hydrogens (primary N) is 1. The number of benzene rings is 4. The van der Waals surface area contributed by atoms with Crippen molar-refractivity contribution in [2.24, 2.45) is 7.05 Å². The van der Waals surface area contributed by atoms with Crippen LogP contribution in [0, 0.1) is 0 Å². The van der Waals surface area contributed by atoms with Gasteiger partial charge in [0.2, 0.25) is 17.0 Å². The molecule has 1 fully saturated rings. The average Bonchev–Trinajstić information content (AvgIpc) is 3.61. The number of nitrogens with one attached hydrogen (secondary N) is 2. The smallest absolute Gasteiger partial charge is 0.224 e. The number of hydrogen-bond acceptors (Lipinski definition) is 10. The Balaban J connectivity index is 0.997. The molecule has 276 valence electrons. The molecule has 53 heavy (non-hydrogen) atoms. The molecule has 1 aliphatic heterocycles. The predicted octanol–water partition coefficient (Wildman–Crippen LogP) is 6.49. The van der Waals surface area contributed by atoms with E-state index >= 15 is 0 Å². The number of aliphatic hydroxyl groups is 1. The minimum atomic E-state index is -0.573. The van der Waals surface area contributed by atoms with Crippen LogP contribution in [0.3, 0.4) is 0 Å². The molecule has 1 aliphatic rings. The van der Waals surface area contributed by atoms with Gasteiger partial charge in [-0.3, -0.25) is 9.59 Å². The fraction of sp³-hybridized carbons (Fsp3) is 0.325. The third-order valence-electron chi connectivity index (χ3n) is 9.07. The summed E-state index contributed by atoms with van der Waals surface area (Å²) in [5, 5.41) is 27.9. The van der Waals surface area contributed by atoms with Crippen molar-refractivity contribution in [3.63, 3.8) is 0 Å². The zero-order valence-electron chi connectivity index (χ0n) is 29.7. The summed E-state index contributed by atoms with van der Waals surface area (Å²) in [5.74, 6) is 0.566. The van der Waals surface area contributed by atoms with Crippen molar-refractivity contribution in [3.8, 4) is 11.1 Å². The van der Waals surface area contributed by atoms with Crippen LogP contribution in [0.1, 0.15) is 73.2 Å². The van der Waals surface area contributed by atoms with Gasteiger partial charge >= 0.3 is 0 Å². The van der Waals surface area contributed by atoms with Crippen molar-refractivity contribution in [2.75, 3.05) is 16.8 Å². The molecule has 5 aromatic rings. The fourth-order valence-electron chi connectivity index (χ4n) is 6.09. The molecule has 0 bridgehead atoms. The first kappa shape index (κ1) is 37.7. The molecular formula is C40H45N7O5S. The lowest BCUT2D eigenvalue weighted by Crippen LogP contribution is -2.31. The van der Waals surface area contributed by atoms with E-state index in [1.54, 1.807) is 28.6 Å². The van der Waals surface area contributed by atoms with Gasteiger partial charge in [-0.25, -0.2) is 4.68 Å². The monoisotopic (exact) mass is 735 g/mol. The quantitative estimate of drug-likeness (QED) is 0.0500. The van der Waals surface area contributed by atoms with Crippen LogP contribution in [-0.2, 0) is 39.3 Å². The Morgan fingerprint density at radius 1 is 0.868 bits per heavy atom. The van der Waals surface area contributed by atoms with Crippen LogP contribution in [0.25, 0.3) is 11.1 Å². The number of tetrazole rings is 1. The van der Waals surface area contributed by atoms with Crippen molar-refractivity contribution in [1.82, 2.24) is 25.5 Å². The van der Waals surface area contributed by atoms with E-state index in [4.69, 9.17) is 15.2 Å². The highest BCUT2D eigenvalue weighted by atomic mass is 32.2. The number of nitrogen functional groups attached to an aromatic ring is 1. The van der Waals surface area contributed by atoms with E-state index in [0.717, 1.165) is 45.0 Å². The lowest BCUT2D eigenvalue weighted by atomic mass is 9.99. The molecule has 0 radical (unpaired) electrons. The number of unbranched alkanes of at least 4 members (excludes halogenated alkanes) is 2. The van der Waals surface area contributed by atoms with E-state index in [-0.39, 0.29) is 30.6 Å². The van der Waals surface area contributed by atoms with E-state index in [0.29, 0.717) is 55.8 Å². The number of hydrogen-bond donors (Lipinski definition) is 4. The van der Waals surface area contributed by atoms with E-state index in [1.165, 1.54) is 0 Å². The number of carbonyl (C=O) groups excluding carboxylic acids is 2. The van der Waals surface area contributed by atoms with Crippen LogP contribution >= 0.6 is 11.8 Å². The van der Waals surface area contributed by atoms with Gasteiger partial charge in [-0.2, -0.15) is 0 Å². The summed E-state index contributed by atoms with van der Waals surface area (Å²) >= 11 is 1.54. The Morgan fingerprint density at radius 2 is 1.62 bits per heavy atom. The average molecular weight is 736 g/mol. The number of anilines is 2. The lowest BCUT2D eigenvalue weighted by Gasteiger charge is -2.36. The minimum Gasteiger partial charge on any atom is -0.397 e. The number of ether oxygens (including phenoxy) is 2. The lowest BCUT2D eigenvalue weighted by molar-refractivity contribution is -0.245. The maximum absolute atomic E-state index is 12.6. The number of amides is 2. The van der Waals surface area contributed by atoms with Crippen molar-refractivity contribution >= 4 is 35.0 Å². The third kappa shape index (κ3) is 10.7. The highest BCUT2D eigenvalue weighted by molar-refractivity contribution is 7.99. The highest BCUT2D eigenvalue weighted by Crippen LogP contribution is 2.39. The topological polar surface area (TPSA) is 167 Å². The van der Waals surface area contributed by atoms with Crippen LogP contribution in [0.15, 0.2) is 102 Å². The molecule has 1 aromatic heterocycles. The molecule has 0 spiro atoms. The molecule has 3 unspecified atom stereocenters. The van der Waals surface area contributed by atoms with Crippen LogP contribution in [0.2, 0.25) is 0 Å². The van der Waals surface area contributed by atoms with Crippen molar-refractivity contribution in [3.05, 3.63) is 119 Å². The molecule has 2 amide bonds. The second-order valence-electron chi connectivity index (χ2n) is 13.0. The second-order valence-corrected chi connectivity index (χ2v) is 14.0. The number of aromatic nitrogens is 4. The van der Waals surface area contributed by atoms with Crippen molar-refractivity contribution < 1.29 is 24.2 Å². The van der Waals surface area contributed by atoms with Crippen molar-refractivity contribution in [1.29, 1.82) is 0 Å². The van der Waals surface area contributed by atoms with Crippen LogP contribution in [0.5, 0.6) is 0 Å². The Hall–Kier alpha value is -5.08. The van der Waals surface area contributed by atoms with Gasteiger partial charge in [0.15, 0.2) is 6.29 Å². The summed E-state index contributed by atoms with van der Waals surface area (Å²) in [6, 6.07) is 31.3. The largest absolute Gasteiger partial charge is 0.397 e. The van der Waals surface area contributed by atoms with Gasteiger partial charge in [0, 0.05) is 44.2 Å². The fourth-order valence-corrected chi connectivity index (χ4v) is 6.95. The molecule has 3 atom stereocenters. The Morgan fingerprint density at radius 3 is 2.36 bits per heavy atom. The summed E-state index contributed by atoms with van der Waals surface area (Å²) in [4.78, 5) is 24.8. The summed E-state index contributed by atoms with van der Waals surface area (Å²) in [5.41, 5.74) is 12.9. The number of nitrogens with zero attached hydrogens (tertiary/aromatic N) is 4. The minimum absolute atomic E-state index is 0.0105. The summed E-state index contributed by atoms with van der Waals surface area (Å²) < 4.78 is 14.6. The second kappa shape index (κ2) is 18.6. The molecule has 6 rings (SSSR count). The van der Waals surface area contributed by atoms with Gasteiger partial charge in [-0.1, -0.05) is 97.0 Å². The van der Waals surface area contributed by atoms with Gasteiger partial charge in [0.1, 0.15) is 0 Å². The Bertz CT molecular complexity index is 1950. The Labute approximate surface area is 313 Å². The molecule has 5 N–H and O–H groups in total. The first-order valence-electron chi connectivity index (χ1n) is 17.8. The van der Waals surface area contributed by atoms with Gasteiger partial charge in [0.05, 0.1) is 30.2 Å². The van der Waals surface area contributed by atoms with E-state index in [2.05, 4.69) is 50.4 Å². The standard InChI is InChI=1S/C40H45N7O5S/c1-47-40(44-45-46-47)53-26-33-23-36(30-16-14-27(25-48)15-17-30)52-39(51-33)31-20-18-29(19-21-31)32-9-7-8-28(22-32)24-42-37(49)12-3-2-4-13-38(50)43-35-11-6-5-10-34(35)41/h5-11,14-22,33,36,39,48H,2-4,12-13,23-26,41H2,1H3,(H,42,49)(H,43,50). The maximum atomic E-state index is 12.6. The number of rotatable bonds is 16. The van der Waals surface area contributed by atoms with Crippen LogP contribution in [-0.4, -0.2) is 49.0 Å². The molecule has 4 aromatic carbocycles. The first-order valence-corrected chi connectivity index (χ1v) is 18.8. The maximum Gasteiger partial charge on any atom is 0.224 e. The zero-order valence-corrected chi connectivity index (χ0v) is 30.5. The SMILES string of the molecule is Cn1nnnc1SCC1CC(c2ccc(CO)cc2)OC(c2ccc(-c3cccc(CNC(=O)CCCCCC(=O)Nc4ccccc4N)c3)cc2)O1. The van der Waals surface area contributed by atoms with Crippen LogP contribution in [0.4, 0.5) is 11.4 Å². The van der Waals surface area contributed by atoms with Gasteiger partial charge in [0.25, 0.3) is 0 Å². The third-order valence-corrected chi connectivity index (χ3v) is 10.2. The van der Waals surface area contributed by atoms with E-state index in [1.807, 2.05) is 67.7 Å². The number of para-hydroxylation sites is 2. The molecule has 1 saturated heterocycles. The zero-order chi connectivity index (χ0) is 37.0. The molecule has 2 heterocycles. The molecule has 12 nitrogen and oxygen atoms in total. The van der Waals surface area contributed by atoms with E-state index in [9.17, 15) is 14.7 Å². The van der Waals surface area contributed by atoms with Crippen LogP contribution < -0.4 is 16.4 Å². The number of aliphatic hydroxyl groups excluding tert-OH is 1. The first-order chi connectivity index (χ1) is 25.8. The van der Waals surface area contributed by atoms with Gasteiger partial charge in [-0.05, 0) is 69.3 Å². The predicted molar refractivity (Wildman–Crippen MR) is 204 cm³/mol. The molecule has 13 heteroatoms. The van der Waals surface area contributed by atoms with Gasteiger partial charge < -0.3 is 30.9 Å². The number of carbonyl (C=O) groups is 2. The normalized spacial score (nSPS) is 17.0. The molecule has 0 aliphatic carbocycles. The number of aryl methyl sites for hydroxylation is 1. The number of thioether (sulfide) groups is 1. The highest BCUT2D eigenvalue weighted by Gasteiger charge is 2.32. The molecule has 0 saturated carbocycles. The van der Waals surface area contributed by atoms with Gasteiger partial charge in [-0.15, -0.1) is 5.10 Å². The van der Waals surface area contributed by atoms with Crippen molar-refractivity contribution in [2.45, 2.75) is 75.3 Å². The summed E-state index contributed by atoms with van der Waals surface area (Å²) in [6.45, 7) is 0.420. The van der Waals surface area contributed by atoms with E-state index < -0.39 is 6.29 Å². The summed E-state index contributed by atoms with van der Waals surface area (Å²) in [7, 11) is 1.81. The molecular weight excluding hydrogens is 691 g/mol.